The number of anilines is 1. The Morgan fingerprint density at radius 1 is 1.24 bits per heavy atom. The van der Waals surface area contributed by atoms with E-state index in [0.717, 1.165) is 11.1 Å². The smallest absolute Gasteiger partial charge is 0.256 e. The molecule has 21 heavy (non-hydrogen) atoms. The molecule has 0 fully saturated rings. The zero-order chi connectivity index (χ0) is 15.6. The van der Waals surface area contributed by atoms with E-state index in [1.165, 1.54) is 17.7 Å². The quantitative estimate of drug-likeness (QED) is 0.880. The van der Waals surface area contributed by atoms with Crippen LogP contribution in [0.15, 0.2) is 36.4 Å². The molecule has 0 aliphatic carbocycles. The third-order valence-electron chi connectivity index (χ3n) is 3.54. The fourth-order valence-electron chi connectivity index (χ4n) is 2.28. The summed E-state index contributed by atoms with van der Waals surface area (Å²) in [4.78, 5) is 13.9. The summed E-state index contributed by atoms with van der Waals surface area (Å²) in [5, 5.41) is 0. The van der Waals surface area contributed by atoms with Gasteiger partial charge in [-0.2, -0.15) is 0 Å². The number of rotatable bonds is 3. The van der Waals surface area contributed by atoms with Crippen LogP contribution >= 0.6 is 0 Å². The number of aryl methyl sites for hydroxylation is 2. The van der Waals surface area contributed by atoms with Gasteiger partial charge in [-0.05, 0) is 37.1 Å². The van der Waals surface area contributed by atoms with Crippen molar-refractivity contribution in [3.05, 3.63) is 64.5 Å². The van der Waals surface area contributed by atoms with Gasteiger partial charge >= 0.3 is 0 Å². The molecule has 0 unspecified atom stereocenters. The van der Waals surface area contributed by atoms with Gasteiger partial charge in [-0.15, -0.1) is 0 Å². The number of carbonyl (C=O) groups excluding carboxylic acids is 1. The van der Waals surface area contributed by atoms with Crippen LogP contribution in [0, 0.1) is 19.7 Å². The van der Waals surface area contributed by atoms with Crippen molar-refractivity contribution in [2.45, 2.75) is 20.4 Å². The monoisotopic (exact) mass is 286 g/mol. The van der Waals surface area contributed by atoms with Crippen molar-refractivity contribution >= 4 is 11.6 Å². The Kier molecular flexibility index (Phi) is 4.26. The average Bonchev–Trinajstić information content (AvgIpc) is 2.44. The van der Waals surface area contributed by atoms with Crippen molar-refractivity contribution in [2.75, 3.05) is 12.8 Å². The number of hydrogen-bond donors (Lipinski definition) is 1. The lowest BCUT2D eigenvalue weighted by Gasteiger charge is -2.19. The molecular weight excluding hydrogens is 267 g/mol. The summed E-state index contributed by atoms with van der Waals surface area (Å²) in [6.45, 7) is 4.50. The van der Waals surface area contributed by atoms with Crippen LogP contribution < -0.4 is 5.73 Å². The number of halogens is 1. The van der Waals surface area contributed by atoms with Crippen LogP contribution in [0.3, 0.4) is 0 Å². The van der Waals surface area contributed by atoms with E-state index in [2.05, 4.69) is 6.07 Å². The largest absolute Gasteiger partial charge is 0.396 e. The molecule has 0 saturated heterocycles. The summed E-state index contributed by atoms with van der Waals surface area (Å²) in [7, 11) is 1.69. The predicted octanol–water partition coefficient (Wildman–Crippen LogP) is 3.30. The first-order chi connectivity index (χ1) is 9.90. The molecule has 0 aromatic heterocycles. The van der Waals surface area contributed by atoms with Crippen molar-refractivity contribution in [3.63, 3.8) is 0 Å². The van der Waals surface area contributed by atoms with E-state index in [4.69, 9.17) is 5.73 Å². The number of para-hydroxylation sites is 1. The zero-order valence-electron chi connectivity index (χ0n) is 12.5. The highest BCUT2D eigenvalue weighted by atomic mass is 19.1. The second-order valence-electron chi connectivity index (χ2n) is 5.29. The second-order valence-corrected chi connectivity index (χ2v) is 5.29. The SMILES string of the molecule is Cc1ccc(CN(C)C(=O)c2cccc(F)c2N)c(C)c1. The number of hydrogen-bond acceptors (Lipinski definition) is 2. The van der Waals surface area contributed by atoms with Crippen LogP contribution in [0.1, 0.15) is 27.0 Å². The van der Waals surface area contributed by atoms with Crippen LogP contribution in [0.2, 0.25) is 0 Å². The van der Waals surface area contributed by atoms with Crippen molar-refractivity contribution in [3.8, 4) is 0 Å². The molecule has 110 valence electrons. The minimum atomic E-state index is -0.569. The number of nitrogens with zero attached hydrogens (tertiary/aromatic N) is 1. The molecular formula is C17H19FN2O. The minimum absolute atomic E-state index is 0.102. The van der Waals surface area contributed by atoms with E-state index in [9.17, 15) is 9.18 Å². The topological polar surface area (TPSA) is 46.3 Å². The number of nitrogen functional groups attached to an aromatic ring is 1. The Hall–Kier alpha value is -2.36. The van der Waals surface area contributed by atoms with Crippen molar-refractivity contribution in [1.82, 2.24) is 4.90 Å². The number of carbonyl (C=O) groups is 1. The molecule has 0 heterocycles. The van der Waals surface area contributed by atoms with Gasteiger partial charge < -0.3 is 10.6 Å². The highest BCUT2D eigenvalue weighted by Crippen LogP contribution is 2.19. The maximum absolute atomic E-state index is 13.4. The van der Waals surface area contributed by atoms with Crippen LogP contribution in [0.5, 0.6) is 0 Å². The molecule has 0 aliphatic rings. The van der Waals surface area contributed by atoms with Gasteiger partial charge in [0, 0.05) is 13.6 Å². The van der Waals surface area contributed by atoms with E-state index in [0.29, 0.717) is 6.54 Å². The first-order valence-electron chi connectivity index (χ1n) is 6.75. The molecule has 3 nitrogen and oxygen atoms in total. The molecule has 2 aromatic carbocycles. The number of benzene rings is 2. The minimum Gasteiger partial charge on any atom is -0.396 e. The maximum Gasteiger partial charge on any atom is 0.256 e. The first-order valence-corrected chi connectivity index (χ1v) is 6.75. The van der Waals surface area contributed by atoms with Crippen LogP contribution in [0.25, 0.3) is 0 Å². The van der Waals surface area contributed by atoms with Crippen LogP contribution in [-0.4, -0.2) is 17.9 Å². The van der Waals surface area contributed by atoms with Gasteiger partial charge in [0.25, 0.3) is 5.91 Å². The molecule has 4 heteroatoms. The Labute approximate surface area is 124 Å². The third kappa shape index (κ3) is 3.21. The molecule has 2 N–H and O–H groups in total. The summed E-state index contributed by atoms with van der Waals surface area (Å²) in [5.41, 5.74) is 9.11. The summed E-state index contributed by atoms with van der Waals surface area (Å²) < 4.78 is 13.4. The summed E-state index contributed by atoms with van der Waals surface area (Å²) in [5.74, 6) is -0.854. The lowest BCUT2D eigenvalue weighted by Crippen LogP contribution is -2.27. The van der Waals surface area contributed by atoms with E-state index >= 15 is 0 Å². The van der Waals surface area contributed by atoms with Gasteiger partial charge in [0.1, 0.15) is 5.82 Å². The van der Waals surface area contributed by atoms with Crippen LogP contribution in [0.4, 0.5) is 10.1 Å². The van der Waals surface area contributed by atoms with E-state index in [-0.39, 0.29) is 17.2 Å². The Morgan fingerprint density at radius 3 is 2.62 bits per heavy atom. The fraction of sp³-hybridized carbons (Fsp3) is 0.235. The van der Waals surface area contributed by atoms with Crippen molar-refractivity contribution in [2.24, 2.45) is 0 Å². The summed E-state index contributed by atoms with van der Waals surface area (Å²) in [6, 6.07) is 10.4. The molecule has 0 saturated carbocycles. The zero-order valence-corrected chi connectivity index (χ0v) is 12.5. The molecule has 2 rings (SSSR count). The Balaban J connectivity index is 2.21. The van der Waals surface area contributed by atoms with Crippen molar-refractivity contribution < 1.29 is 9.18 Å². The first kappa shape index (κ1) is 15.0. The van der Waals surface area contributed by atoms with Gasteiger partial charge in [0.05, 0.1) is 11.3 Å². The maximum atomic E-state index is 13.4. The van der Waals surface area contributed by atoms with Gasteiger partial charge in [-0.25, -0.2) is 4.39 Å². The average molecular weight is 286 g/mol. The van der Waals surface area contributed by atoms with Crippen molar-refractivity contribution in [1.29, 1.82) is 0 Å². The van der Waals surface area contributed by atoms with Gasteiger partial charge in [0.15, 0.2) is 0 Å². The molecule has 0 atom stereocenters. The lowest BCUT2D eigenvalue weighted by atomic mass is 10.0. The van der Waals surface area contributed by atoms with E-state index in [1.807, 2.05) is 26.0 Å². The fourth-order valence-corrected chi connectivity index (χ4v) is 2.28. The summed E-state index contributed by atoms with van der Waals surface area (Å²) in [6.07, 6.45) is 0. The predicted molar refractivity (Wildman–Crippen MR) is 82.5 cm³/mol. The van der Waals surface area contributed by atoms with Gasteiger partial charge in [-0.1, -0.05) is 29.8 Å². The molecule has 0 aliphatic heterocycles. The standard InChI is InChI=1S/C17H19FN2O/c1-11-7-8-13(12(2)9-11)10-20(3)17(21)14-5-4-6-15(18)16(14)19/h4-9H,10,19H2,1-3H3. The second kappa shape index (κ2) is 5.95. The van der Waals surface area contributed by atoms with Gasteiger partial charge in [-0.3, -0.25) is 4.79 Å². The normalized spacial score (nSPS) is 10.5. The molecule has 0 radical (unpaired) electrons. The molecule has 2 aromatic rings. The Bertz CT molecular complexity index is 682. The molecule has 0 spiro atoms. The highest BCUT2D eigenvalue weighted by molar-refractivity contribution is 5.99. The highest BCUT2D eigenvalue weighted by Gasteiger charge is 2.17. The summed E-state index contributed by atoms with van der Waals surface area (Å²) >= 11 is 0. The molecule has 1 amide bonds. The van der Waals surface area contributed by atoms with Gasteiger partial charge in [0.2, 0.25) is 0 Å². The lowest BCUT2D eigenvalue weighted by molar-refractivity contribution is 0.0785. The number of nitrogens with two attached hydrogens (primary N) is 1. The van der Waals surface area contributed by atoms with E-state index < -0.39 is 5.82 Å². The van der Waals surface area contributed by atoms with E-state index in [1.54, 1.807) is 18.0 Å². The third-order valence-corrected chi connectivity index (χ3v) is 3.54. The Morgan fingerprint density at radius 2 is 1.95 bits per heavy atom. The molecule has 0 bridgehead atoms. The number of amides is 1. The van der Waals surface area contributed by atoms with Crippen LogP contribution in [-0.2, 0) is 6.54 Å².